The van der Waals surface area contributed by atoms with Gasteiger partial charge in [0.1, 0.15) is 5.65 Å². The van der Waals surface area contributed by atoms with Crippen LogP contribution in [-0.4, -0.2) is 24.0 Å². The van der Waals surface area contributed by atoms with E-state index in [1.54, 1.807) is 0 Å². The minimum absolute atomic E-state index is 0.188. The fourth-order valence-electron chi connectivity index (χ4n) is 2.08. The maximum absolute atomic E-state index is 11.6. The Morgan fingerprint density at radius 3 is 3.05 bits per heavy atom. The molecule has 0 spiro atoms. The second kappa shape index (κ2) is 5.18. The minimum atomic E-state index is -0.188. The number of pyridine rings is 1. The van der Waals surface area contributed by atoms with Gasteiger partial charge in [0, 0.05) is 29.1 Å². The Hall–Kier alpha value is -2.26. The van der Waals surface area contributed by atoms with Gasteiger partial charge in [0.25, 0.3) is 5.56 Å². The molecule has 0 aliphatic heterocycles. The number of fused-ring (bicyclic) bond motifs is 2. The molecule has 0 saturated heterocycles. The molecule has 4 heterocycles. The molecule has 0 aliphatic carbocycles. The largest absolute Gasteiger partial charge is 0.354 e. The van der Waals surface area contributed by atoms with E-state index < -0.39 is 0 Å². The van der Waals surface area contributed by atoms with Gasteiger partial charge in [-0.3, -0.25) is 4.79 Å². The second-order valence-corrected chi connectivity index (χ2v) is 6.45. The Balaban J connectivity index is 1.59. The van der Waals surface area contributed by atoms with Crippen LogP contribution in [0.1, 0.15) is 5.69 Å². The van der Waals surface area contributed by atoms with E-state index >= 15 is 0 Å². The van der Waals surface area contributed by atoms with Gasteiger partial charge >= 0.3 is 0 Å². The third-order valence-electron chi connectivity index (χ3n) is 3.06. The van der Waals surface area contributed by atoms with Crippen molar-refractivity contribution < 1.29 is 0 Å². The van der Waals surface area contributed by atoms with Gasteiger partial charge in [-0.05, 0) is 28.1 Å². The Kier molecular flexibility index (Phi) is 3.16. The molecule has 4 aromatic heterocycles. The molecule has 0 aliphatic rings. The van der Waals surface area contributed by atoms with Gasteiger partial charge in [0.2, 0.25) is 10.1 Å². The molecule has 0 radical (unpaired) electrons. The Morgan fingerprint density at radius 1 is 1.27 bits per heavy atom. The lowest BCUT2D eigenvalue weighted by Gasteiger charge is -1.96. The molecule has 4 rings (SSSR count). The predicted molar refractivity (Wildman–Crippen MR) is 87.4 cm³/mol. The third-order valence-corrected chi connectivity index (χ3v) is 4.41. The number of halogens is 1. The molecule has 7 nitrogen and oxygen atoms in total. The van der Waals surface area contributed by atoms with Gasteiger partial charge in [-0.2, -0.15) is 4.52 Å². The molecule has 0 fully saturated rings. The highest BCUT2D eigenvalue weighted by Crippen LogP contribution is 2.17. The fourth-order valence-corrected chi connectivity index (χ4v) is 3.21. The fraction of sp³-hybridized carbons (Fsp3) is 0.0769. The summed E-state index contributed by atoms with van der Waals surface area (Å²) in [7, 11) is 0. The average Bonchev–Trinajstić information content (AvgIpc) is 3.08. The zero-order chi connectivity index (χ0) is 15.1. The van der Waals surface area contributed by atoms with Gasteiger partial charge in [0.05, 0.1) is 12.2 Å². The first kappa shape index (κ1) is 13.4. The van der Waals surface area contributed by atoms with Crippen molar-refractivity contribution in [3.8, 4) is 0 Å². The number of anilines is 1. The van der Waals surface area contributed by atoms with Crippen LogP contribution >= 0.6 is 27.3 Å². The van der Waals surface area contributed by atoms with Gasteiger partial charge in [0.15, 0.2) is 0 Å². The second-order valence-electron chi connectivity index (χ2n) is 4.58. The van der Waals surface area contributed by atoms with Gasteiger partial charge in [-0.1, -0.05) is 11.3 Å². The van der Waals surface area contributed by atoms with Crippen LogP contribution in [0.3, 0.4) is 0 Å². The first-order valence-corrected chi connectivity index (χ1v) is 8.02. The highest BCUT2D eigenvalue weighted by Gasteiger charge is 2.07. The number of hydrogen-bond acceptors (Lipinski definition) is 6. The summed E-state index contributed by atoms with van der Waals surface area (Å²) in [5.41, 5.74) is 1.58. The molecular formula is C13H9BrN6OS. The van der Waals surface area contributed by atoms with Crippen molar-refractivity contribution in [1.82, 2.24) is 24.0 Å². The molecule has 0 aromatic carbocycles. The first-order chi connectivity index (χ1) is 10.7. The summed E-state index contributed by atoms with van der Waals surface area (Å²) in [6.07, 6.45) is 5.39. The maximum Gasteiger partial charge on any atom is 0.275 e. The Labute approximate surface area is 136 Å². The standard InChI is InChI=1S/C13H9BrN6OS/c14-8-1-2-10-17-9(7-19(10)6-8)5-16-12-18-20-11(21)3-4-15-13(20)22-12/h1-4,6-7H,5H2,(H,16,18). The third kappa shape index (κ3) is 2.38. The molecule has 0 unspecified atom stereocenters. The topological polar surface area (TPSA) is 76.6 Å². The van der Waals surface area contributed by atoms with Crippen molar-refractivity contribution in [2.45, 2.75) is 6.54 Å². The van der Waals surface area contributed by atoms with Crippen LogP contribution < -0.4 is 10.9 Å². The number of imidazole rings is 1. The van der Waals surface area contributed by atoms with Gasteiger partial charge in [-0.25, -0.2) is 9.97 Å². The molecule has 0 saturated carbocycles. The monoisotopic (exact) mass is 376 g/mol. The summed E-state index contributed by atoms with van der Waals surface area (Å²) in [5, 5.41) is 8.01. The van der Waals surface area contributed by atoms with E-state index in [1.807, 2.05) is 28.9 Å². The van der Waals surface area contributed by atoms with E-state index in [1.165, 1.54) is 28.1 Å². The van der Waals surface area contributed by atoms with Crippen molar-refractivity contribution >= 4 is 43.0 Å². The Morgan fingerprint density at radius 2 is 2.18 bits per heavy atom. The summed E-state index contributed by atoms with van der Waals surface area (Å²) < 4.78 is 4.23. The summed E-state index contributed by atoms with van der Waals surface area (Å²) in [5.74, 6) is 0. The van der Waals surface area contributed by atoms with Crippen molar-refractivity contribution in [1.29, 1.82) is 0 Å². The van der Waals surface area contributed by atoms with Crippen LogP contribution in [0.4, 0.5) is 5.13 Å². The van der Waals surface area contributed by atoms with E-state index in [0.29, 0.717) is 16.6 Å². The quantitative estimate of drug-likeness (QED) is 0.592. The van der Waals surface area contributed by atoms with E-state index in [2.05, 4.69) is 36.3 Å². The highest BCUT2D eigenvalue weighted by molar-refractivity contribution is 9.10. The van der Waals surface area contributed by atoms with E-state index in [-0.39, 0.29) is 5.56 Å². The SMILES string of the molecule is O=c1ccnc2sc(NCc3cn4cc(Br)ccc4n3)nn12. The van der Waals surface area contributed by atoms with E-state index in [9.17, 15) is 4.79 Å². The maximum atomic E-state index is 11.6. The van der Waals surface area contributed by atoms with Crippen molar-refractivity contribution in [3.63, 3.8) is 0 Å². The molecule has 1 N–H and O–H groups in total. The molecule has 4 aromatic rings. The molecular weight excluding hydrogens is 368 g/mol. The number of rotatable bonds is 3. The van der Waals surface area contributed by atoms with E-state index in [4.69, 9.17) is 0 Å². The van der Waals surface area contributed by atoms with Crippen LogP contribution in [-0.2, 0) is 6.54 Å². The van der Waals surface area contributed by atoms with Crippen LogP contribution in [0.5, 0.6) is 0 Å². The lowest BCUT2D eigenvalue weighted by molar-refractivity contribution is 0.893. The zero-order valence-electron chi connectivity index (χ0n) is 11.1. The average molecular weight is 377 g/mol. The molecule has 110 valence electrons. The van der Waals surface area contributed by atoms with Crippen LogP contribution in [0.25, 0.3) is 10.6 Å². The highest BCUT2D eigenvalue weighted by atomic mass is 79.9. The predicted octanol–water partition coefficient (Wildman–Crippen LogP) is 2.17. The zero-order valence-corrected chi connectivity index (χ0v) is 13.5. The van der Waals surface area contributed by atoms with Crippen LogP contribution in [0, 0.1) is 0 Å². The smallest absolute Gasteiger partial charge is 0.275 e. The van der Waals surface area contributed by atoms with Crippen LogP contribution in [0.2, 0.25) is 0 Å². The van der Waals surface area contributed by atoms with Crippen molar-refractivity contribution in [2.24, 2.45) is 0 Å². The minimum Gasteiger partial charge on any atom is -0.354 e. The number of hydrogen-bond donors (Lipinski definition) is 1. The molecule has 22 heavy (non-hydrogen) atoms. The summed E-state index contributed by atoms with van der Waals surface area (Å²) >= 11 is 4.76. The molecule has 9 heteroatoms. The van der Waals surface area contributed by atoms with Crippen LogP contribution in [0.15, 0.2) is 46.1 Å². The summed E-state index contributed by atoms with van der Waals surface area (Å²) in [4.78, 5) is 20.8. The summed E-state index contributed by atoms with van der Waals surface area (Å²) in [6, 6.07) is 5.27. The lowest BCUT2D eigenvalue weighted by Crippen LogP contribution is -2.12. The first-order valence-electron chi connectivity index (χ1n) is 6.41. The number of nitrogens with zero attached hydrogens (tertiary/aromatic N) is 5. The normalized spacial score (nSPS) is 11.3. The van der Waals surface area contributed by atoms with Gasteiger partial charge in [-0.15, -0.1) is 5.10 Å². The van der Waals surface area contributed by atoms with E-state index in [0.717, 1.165) is 15.8 Å². The number of nitrogens with one attached hydrogen (secondary N) is 1. The van der Waals surface area contributed by atoms with Crippen molar-refractivity contribution in [2.75, 3.05) is 5.32 Å². The molecule has 0 atom stereocenters. The number of aromatic nitrogens is 5. The molecule has 0 amide bonds. The lowest BCUT2D eigenvalue weighted by atomic mass is 10.5. The van der Waals surface area contributed by atoms with Gasteiger partial charge < -0.3 is 9.72 Å². The summed E-state index contributed by atoms with van der Waals surface area (Å²) in [6.45, 7) is 0.522. The molecule has 0 bridgehead atoms. The Bertz CT molecular complexity index is 1040. The van der Waals surface area contributed by atoms with Crippen molar-refractivity contribution in [3.05, 3.63) is 57.3 Å².